The maximum atomic E-state index is 10.9. The van der Waals surface area contributed by atoms with Crippen molar-refractivity contribution in [2.75, 3.05) is 13.2 Å². The first kappa shape index (κ1) is 10.7. The molecular formula is C9H12O5. The third-order valence-electron chi connectivity index (χ3n) is 1.80. The van der Waals surface area contributed by atoms with Gasteiger partial charge in [0.2, 0.25) is 0 Å². The monoisotopic (exact) mass is 200 g/mol. The van der Waals surface area contributed by atoms with Crippen LogP contribution in [0.2, 0.25) is 0 Å². The number of aliphatic carboxylic acids is 1. The summed E-state index contributed by atoms with van der Waals surface area (Å²) in [5.74, 6) is -1.82. The normalized spacial score (nSPS) is 21.3. The summed E-state index contributed by atoms with van der Waals surface area (Å²) in [5, 5.41) is 8.22. The van der Waals surface area contributed by atoms with Crippen molar-refractivity contribution in [3.05, 3.63) is 12.2 Å². The Morgan fingerprint density at radius 1 is 1.50 bits per heavy atom. The second kappa shape index (κ2) is 5.39. The highest BCUT2D eigenvalue weighted by atomic mass is 16.6. The molecule has 0 saturated carbocycles. The van der Waals surface area contributed by atoms with Gasteiger partial charge in [-0.05, 0) is 12.8 Å². The largest absolute Gasteiger partial charge is 0.478 e. The number of esters is 1. The summed E-state index contributed by atoms with van der Waals surface area (Å²) in [7, 11) is 0. The van der Waals surface area contributed by atoms with Crippen LogP contribution in [0.15, 0.2) is 12.2 Å². The summed E-state index contributed by atoms with van der Waals surface area (Å²) < 4.78 is 9.97. The molecule has 0 radical (unpaired) electrons. The van der Waals surface area contributed by atoms with Gasteiger partial charge in [0.15, 0.2) is 0 Å². The second-order valence-electron chi connectivity index (χ2n) is 2.94. The van der Waals surface area contributed by atoms with Gasteiger partial charge in [-0.3, -0.25) is 0 Å². The molecule has 5 heteroatoms. The zero-order chi connectivity index (χ0) is 10.4. The summed E-state index contributed by atoms with van der Waals surface area (Å²) in [6.45, 7) is 0.899. The molecule has 0 unspecified atom stereocenters. The molecule has 1 aliphatic heterocycles. The predicted octanol–water partition coefficient (Wildman–Crippen LogP) is 0.349. The molecule has 1 N–H and O–H groups in total. The van der Waals surface area contributed by atoms with Crippen LogP contribution < -0.4 is 0 Å². The van der Waals surface area contributed by atoms with Crippen molar-refractivity contribution in [1.29, 1.82) is 0 Å². The first-order valence-electron chi connectivity index (χ1n) is 4.38. The Balaban J connectivity index is 2.17. The van der Waals surface area contributed by atoms with Gasteiger partial charge in [0, 0.05) is 18.8 Å². The SMILES string of the molecule is O=C(O)/C=C/C(=O)OC[C@@H]1CCCO1. The minimum absolute atomic E-state index is 0.0304. The molecule has 0 bridgehead atoms. The summed E-state index contributed by atoms with van der Waals surface area (Å²) in [6.07, 6.45) is 3.47. The highest BCUT2D eigenvalue weighted by molar-refractivity contribution is 5.90. The second-order valence-corrected chi connectivity index (χ2v) is 2.94. The number of rotatable bonds is 4. The van der Waals surface area contributed by atoms with E-state index in [1.165, 1.54) is 0 Å². The van der Waals surface area contributed by atoms with E-state index in [4.69, 9.17) is 14.6 Å². The van der Waals surface area contributed by atoms with Crippen LogP contribution in [0.1, 0.15) is 12.8 Å². The van der Waals surface area contributed by atoms with E-state index in [0.29, 0.717) is 6.61 Å². The number of ether oxygens (including phenoxy) is 2. The quantitative estimate of drug-likeness (QED) is 0.523. The van der Waals surface area contributed by atoms with Crippen molar-refractivity contribution in [3.8, 4) is 0 Å². The van der Waals surface area contributed by atoms with Crippen molar-refractivity contribution < 1.29 is 24.2 Å². The molecule has 78 valence electrons. The standard InChI is InChI=1S/C9H12O5/c10-8(11)3-4-9(12)14-6-7-2-1-5-13-7/h3-4,7H,1-2,5-6H2,(H,10,11)/b4-3+/t7-/m0/s1. The number of carbonyl (C=O) groups is 2. The molecule has 1 heterocycles. The van der Waals surface area contributed by atoms with Crippen LogP contribution in [0.3, 0.4) is 0 Å². The molecule has 1 fully saturated rings. The smallest absolute Gasteiger partial charge is 0.331 e. The lowest BCUT2D eigenvalue weighted by atomic mass is 10.2. The summed E-state index contributed by atoms with van der Waals surface area (Å²) in [6, 6.07) is 0. The fourth-order valence-electron chi connectivity index (χ4n) is 1.14. The van der Waals surface area contributed by atoms with Gasteiger partial charge < -0.3 is 14.6 Å². The van der Waals surface area contributed by atoms with E-state index >= 15 is 0 Å². The number of carboxylic acids is 1. The van der Waals surface area contributed by atoms with Crippen LogP contribution in [0, 0.1) is 0 Å². The van der Waals surface area contributed by atoms with Crippen molar-refractivity contribution in [3.63, 3.8) is 0 Å². The van der Waals surface area contributed by atoms with Gasteiger partial charge in [0.05, 0.1) is 6.10 Å². The molecule has 1 aliphatic rings. The minimum atomic E-state index is -1.17. The molecule has 0 spiro atoms. The molecule has 1 rings (SSSR count). The van der Waals surface area contributed by atoms with Crippen molar-refractivity contribution in [2.24, 2.45) is 0 Å². The van der Waals surface area contributed by atoms with Crippen LogP contribution in [0.5, 0.6) is 0 Å². The van der Waals surface area contributed by atoms with Crippen LogP contribution in [-0.4, -0.2) is 36.4 Å². The zero-order valence-electron chi connectivity index (χ0n) is 7.64. The topological polar surface area (TPSA) is 72.8 Å². The molecule has 5 nitrogen and oxygen atoms in total. The fraction of sp³-hybridized carbons (Fsp3) is 0.556. The molecule has 1 atom stereocenters. The van der Waals surface area contributed by atoms with E-state index in [1.54, 1.807) is 0 Å². The first-order chi connectivity index (χ1) is 6.68. The molecule has 0 amide bonds. The van der Waals surface area contributed by atoms with Gasteiger partial charge in [-0.15, -0.1) is 0 Å². The van der Waals surface area contributed by atoms with Crippen LogP contribution in [0.25, 0.3) is 0 Å². The van der Waals surface area contributed by atoms with E-state index in [1.807, 2.05) is 0 Å². The van der Waals surface area contributed by atoms with Crippen molar-refractivity contribution in [2.45, 2.75) is 18.9 Å². The third kappa shape index (κ3) is 4.04. The summed E-state index contributed by atoms with van der Waals surface area (Å²) in [4.78, 5) is 20.9. The number of hydrogen-bond donors (Lipinski definition) is 1. The maximum absolute atomic E-state index is 10.9. The van der Waals surface area contributed by atoms with E-state index < -0.39 is 11.9 Å². The van der Waals surface area contributed by atoms with E-state index in [9.17, 15) is 9.59 Å². The number of carboxylic acid groups (broad SMARTS) is 1. The van der Waals surface area contributed by atoms with Crippen molar-refractivity contribution >= 4 is 11.9 Å². The van der Waals surface area contributed by atoms with Gasteiger partial charge in [-0.25, -0.2) is 9.59 Å². The Labute approximate surface area is 81.3 Å². The molecular weight excluding hydrogens is 188 g/mol. The molecule has 1 saturated heterocycles. The third-order valence-corrected chi connectivity index (χ3v) is 1.80. The minimum Gasteiger partial charge on any atom is -0.478 e. The lowest BCUT2D eigenvalue weighted by Gasteiger charge is -2.07. The fourth-order valence-corrected chi connectivity index (χ4v) is 1.14. The summed E-state index contributed by atoms with van der Waals surface area (Å²) >= 11 is 0. The number of hydrogen-bond acceptors (Lipinski definition) is 4. The highest BCUT2D eigenvalue weighted by Gasteiger charge is 2.16. The van der Waals surface area contributed by atoms with Gasteiger partial charge in [0.1, 0.15) is 6.61 Å². The molecule has 0 aromatic carbocycles. The first-order valence-corrected chi connectivity index (χ1v) is 4.38. The van der Waals surface area contributed by atoms with E-state index in [2.05, 4.69) is 0 Å². The Hall–Kier alpha value is -1.36. The van der Waals surface area contributed by atoms with E-state index in [0.717, 1.165) is 25.0 Å². The van der Waals surface area contributed by atoms with Gasteiger partial charge in [-0.2, -0.15) is 0 Å². The maximum Gasteiger partial charge on any atom is 0.331 e. The highest BCUT2D eigenvalue weighted by Crippen LogP contribution is 2.11. The Morgan fingerprint density at radius 2 is 2.29 bits per heavy atom. The van der Waals surface area contributed by atoms with Crippen molar-refractivity contribution in [1.82, 2.24) is 0 Å². The zero-order valence-corrected chi connectivity index (χ0v) is 7.64. The van der Waals surface area contributed by atoms with Crippen LogP contribution >= 0.6 is 0 Å². The molecule has 0 aromatic heterocycles. The molecule has 0 aliphatic carbocycles. The Kier molecular flexibility index (Phi) is 4.12. The van der Waals surface area contributed by atoms with E-state index in [-0.39, 0.29) is 12.7 Å². The number of carbonyl (C=O) groups excluding carboxylic acids is 1. The Morgan fingerprint density at radius 3 is 2.86 bits per heavy atom. The Bertz CT molecular complexity index is 240. The molecule has 0 aromatic rings. The molecule has 14 heavy (non-hydrogen) atoms. The predicted molar refractivity (Wildman–Crippen MR) is 46.7 cm³/mol. The average molecular weight is 200 g/mol. The van der Waals surface area contributed by atoms with Gasteiger partial charge in [-0.1, -0.05) is 0 Å². The average Bonchev–Trinajstić information content (AvgIpc) is 2.63. The van der Waals surface area contributed by atoms with Crippen LogP contribution in [0.4, 0.5) is 0 Å². The van der Waals surface area contributed by atoms with Gasteiger partial charge in [0.25, 0.3) is 0 Å². The van der Waals surface area contributed by atoms with Crippen LogP contribution in [-0.2, 0) is 19.1 Å². The van der Waals surface area contributed by atoms with Gasteiger partial charge >= 0.3 is 11.9 Å². The lowest BCUT2D eigenvalue weighted by Crippen LogP contribution is -2.16. The lowest BCUT2D eigenvalue weighted by molar-refractivity contribution is -0.141. The summed E-state index contributed by atoms with van der Waals surface area (Å²) in [5.41, 5.74) is 0.